The molecule has 1 N–H and O–H groups in total. The highest BCUT2D eigenvalue weighted by Gasteiger charge is 2.51. The standard InChI is InChI=1S/C19H16F5NO4S/c1-11-8-19(23,24)18(2,26)9-15(30(27,28)17(21)22)3-4-16(11)29-14-6-12(10-25)5-13(20)7-14/h3-7,17,26H,1,8-9H2,2H3/b15-3+,16-4+. The molecule has 0 radical (unpaired) electrons. The number of halogens is 5. The zero-order chi connectivity index (χ0) is 22.9. The second-order valence-electron chi connectivity index (χ2n) is 6.79. The fourth-order valence-electron chi connectivity index (χ4n) is 2.59. The number of ether oxygens (including phenoxy) is 1. The molecule has 1 aliphatic carbocycles. The summed E-state index contributed by atoms with van der Waals surface area (Å²) in [5.41, 5.74) is -3.57. The van der Waals surface area contributed by atoms with Gasteiger partial charge in [-0.2, -0.15) is 14.0 Å². The van der Waals surface area contributed by atoms with Crippen molar-refractivity contribution in [1.29, 1.82) is 5.26 Å². The summed E-state index contributed by atoms with van der Waals surface area (Å²) in [7, 11) is -5.31. The Morgan fingerprint density at radius 1 is 1.23 bits per heavy atom. The maximum absolute atomic E-state index is 14.6. The molecule has 0 heterocycles. The first-order valence-electron chi connectivity index (χ1n) is 8.29. The van der Waals surface area contributed by atoms with Gasteiger partial charge < -0.3 is 9.84 Å². The molecule has 0 aromatic heterocycles. The summed E-state index contributed by atoms with van der Waals surface area (Å²) in [4.78, 5) is -1.14. The number of benzene rings is 1. The zero-order valence-corrected chi connectivity index (χ0v) is 16.3. The molecule has 0 amide bonds. The van der Waals surface area contributed by atoms with Crippen molar-refractivity contribution in [3.05, 3.63) is 64.5 Å². The van der Waals surface area contributed by atoms with Crippen LogP contribution >= 0.6 is 0 Å². The van der Waals surface area contributed by atoms with Crippen molar-refractivity contribution in [2.75, 3.05) is 0 Å². The predicted molar refractivity (Wildman–Crippen MR) is 96.8 cm³/mol. The van der Waals surface area contributed by atoms with Crippen molar-refractivity contribution in [3.8, 4) is 11.8 Å². The Kier molecular flexibility index (Phi) is 6.44. The third-order valence-electron chi connectivity index (χ3n) is 4.34. The lowest BCUT2D eigenvalue weighted by molar-refractivity contribution is -0.168. The van der Waals surface area contributed by atoms with Gasteiger partial charge in [-0.3, -0.25) is 0 Å². The SMILES string of the molecule is C=C1CC(F)(F)C(C)(O)C/C(S(=O)(=O)C(F)F)=C\C=C/1Oc1cc(F)cc(C#N)c1. The van der Waals surface area contributed by atoms with Gasteiger partial charge in [-0.25, -0.2) is 21.6 Å². The number of nitriles is 1. The van der Waals surface area contributed by atoms with Crippen LogP contribution in [0.25, 0.3) is 0 Å². The van der Waals surface area contributed by atoms with Crippen LogP contribution in [0.4, 0.5) is 22.0 Å². The number of allylic oxidation sites excluding steroid dienone is 3. The van der Waals surface area contributed by atoms with Gasteiger partial charge in [-0.1, -0.05) is 6.58 Å². The van der Waals surface area contributed by atoms with E-state index in [-0.39, 0.29) is 11.3 Å². The van der Waals surface area contributed by atoms with Crippen LogP contribution in [0.15, 0.2) is 53.2 Å². The van der Waals surface area contributed by atoms with E-state index in [4.69, 9.17) is 10.00 Å². The van der Waals surface area contributed by atoms with Crippen LogP contribution in [0.5, 0.6) is 5.75 Å². The first-order valence-corrected chi connectivity index (χ1v) is 9.84. The average Bonchev–Trinajstić information content (AvgIpc) is 2.64. The molecular formula is C19H16F5NO4S. The van der Waals surface area contributed by atoms with E-state index in [0.717, 1.165) is 24.3 Å². The second kappa shape index (κ2) is 8.20. The maximum Gasteiger partial charge on any atom is 0.340 e. The molecule has 0 bridgehead atoms. The minimum Gasteiger partial charge on any atom is -0.457 e. The Bertz CT molecular complexity index is 1070. The van der Waals surface area contributed by atoms with E-state index in [0.29, 0.717) is 13.0 Å². The molecule has 0 saturated carbocycles. The summed E-state index contributed by atoms with van der Waals surface area (Å²) < 4.78 is 97.9. The van der Waals surface area contributed by atoms with E-state index in [9.17, 15) is 35.5 Å². The minimum absolute atomic E-state index is 0.149. The Balaban J connectivity index is 2.61. The molecule has 0 saturated heterocycles. The fourth-order valence-corrected chi connectivity index (χ4v) is 3.56. The van der Waals surface area contributed by atoms with E-state index in [1.54, 1.807) is 6.07 Å². The summed E-state index contributed by atoms with van der Waals surface area (Å²) >= 11 is 0. The van der Waals surface area contributed by atoms with Crippen molar-refractivity contribution in [2.45, 2.75) is 37.0 Å². The molecule has 1 aromatic carbocycles. The number of rotatable bonds is 4. The smallest absolute Gasteiger partial charge is 0.340 e. The van der Waals surface area contributed by atoms with Crippen LogP contribution in [0.1, 0.15) is 25.3 Å². The summed E-state index contributed by atoms with van der Waals surface area (Å²) in [6.07, 6.45) is -1.08. The molecule has 11 heteroatoms. The van der Waals surface area contributed by atoms with Gasteiger partial charge in [0.05, 0.1) is 16.5 Å². The summed E-state index contributed by atoms with van der Waals surface area (Å²) in [5.74, 6) is -9.53. The molecule has 1 unspecified atom stereocenters. The molecule has 0 aliphatic heterocycles. The Labute approximate surface area is 169 Å². The van der Waals surface area contributed by atoms with E-state index in [1.807, 2.05) is 0 Å². The second-order valence-corrected chi connectivity index (χ2v) is 8.77. The molecule has 1 aromatic rings. The van der Waals surface area contributed by atoms with E-state index >= 15 is 0 Å². The van der Waals surface area contributed by atoms with Crippen molar-refractivity contribution in [1.82, 2.24) is 0 Å². The molecule has 162 valence electrons. The van der Waals surface area contributed by atoms with Gasteiger partial charge in [0.15, 0.2) is 0 Å². The van der Waals surface area contributed by atoms with Gasteiger partial charge in [0.1, 0.15) is 22.9 Å². The number of aliphatic hydroxyl groups is 1. The molecule has 2 rings (SSSR count). The quantitative estimate of drug-likeness (QED) is 0.696. The predicted octanol–water partition coefficient (Wildman–Crippen LogP) is 4.22. The number of sulfone groups is 1. The number of hydrogen-bond donors (Lipinski definition) is 1. The Hall–Kier alpha value is -2.71. The molecule has 30 heavy (non-hydrogen) atoms. The number of hydrogen-bond acceptors (Lipinski definition) is 5. The van der Waals surface area contributed by atoms with Gasteiger partial charge in [-0.15, -0.1) is 0 Å². The van der Waals surface area contributed by atoms with Gasteiger partial charge in [0.2, 0.25) is 9.84 Å². The maximum atomic E-state index is 14.6. The van der Waals surface area contributed by atoms with E-state index < -0.39 is 62.0 Å². The first kappa shape index (κ1) is 23.6. The topological polar surface area (TPSA) is 87.4 Å². The lowest BCUT2D eigenvalue weighted by Gasteiger charge is -2.33. The van der Waals surface area contributed by atoms with Gasteiger partial charge in [0, 0.05) is 18.9 Å². The molecule has 0 spiro atoms. The molecule has 5 nitrogen and oxygen atoms in total. The summed E-state index contributed by atoms with van der Waals surface area (Å²) in [6, 6.07) is 4.46. The summed E-state index contributed by atoms with van der Waals surface area (Å²) in [5, 5.41) is 19.0. The minimum atomic E-state index is -5.31. The highest BCUT2D eigenvalue weighted by molar-refractivity contribution is 7.95. The van der Waals surface area contributed by atoms with Gasteiger partial charge in [0.25, 0.3) is 5.92 Å². The third-order valence-corrected chi connectivity index (χ3v) is 5.82. The lowest BCUT2D eigenvalue weighted by Crippen LogP contribution is -2.46. The van der Waals surface area contributed by atoms with Crippen molar-refractivity contribution in [2.24, 2.45) is 0 Å². The zero-order valence-electron chi connectivity index (χ0n) is 15.5. The summed E-state index contributed by atoms with van der Waals surface area (Å²) in [6.45, 7) is 4.03. The van der Waals surface area contributed by atoms with Gasteiger partial charge in [-0.05, 0) is 36.8 Å². The Morgan fingerprint density at radius 3 is 2.43 bits per heavy atom. The largest absolute Gasteiger partial charge is 0.457 e. The molecule has 1 atom stereocenters. The Morgan fingerprint density at radius 2 is 1.87 bits per heavy atom. The van der Waals surface area contributed by atoms with Crippen LogP contribution in [0.2, 0.25) is 0 Å². The van der Waals surface area contributed by atoms with Crippen LogP contribution in [0.3, 0.4) is 0 Å². The van der Waals surface area contributed by atoms with Crippen molar-refractivity contribution >= 4 is 9.84 Å². The van der Waals surface area contributed by atoms with Crippen LogP contribution < -0.4 is 4.74 Å². The molecular weight excluding hydrogens is 433 g/mol. The highest BCUT2D eigenvalue weighted by Crippen LogP contribution is 2.42. The first-order chi connectivity index (χ1) is 13.7. The lowest BCUT2D eigenvalue weighted by atomic mass is 9.89. The normalized spacial score (nSPS) is 25.8. The van der Waals surface area contributed by atoms with Crippen LogP contribution in [-0.2, 0) is 9.84 Å². The highest BCUT2D eigenvalue weighted by atomic mass is 32.2. The third kappa shape index (κ3) is 4.88. The van der Waals surface area contributed by atoms with Crippen molar-refractivity contribution < 1.29 is 40.2 Å². The molecule has 1 aliphatic rings. The van der Waals surface area contributed by atoms with Crippen LogP contribution in [-0.4, -0.2) is 30.8 Å². The molecule has 0 fully saturated rings. The number of alkyl halides is 4. The average molecular weight is 449 g/mol. The fraction of sp³-hybridized carbons (Fsp3) is 0.316. The van der Waals surface area contributed by atoms with E-state index in [2.05, 4.69) is 6.58 Å². The monoisotopic (exact) mass is 449 g/mol. The van der Waals surface area contributed by atoms with E-state index in [1.165, 1.54) is 0 Å². The number of nitrogens with zero attached hydrogens (tertiary/aromatic N) is 1. The van der Waals surface area contributed by atoms with Crippen molar-refractivity contribution in [3.63, 3.8) is 0 Å². The van der Waals surface area contributed by atoms with Crippen LogP contribution in [0, 0.1) is 17.1 Å². The van der Waals surface area contributed by atoms with Gasteiger partial charge >= 0.3 is 5.76 Å².